The van der Waals surface area contributed by atoms with Crippen molar-refractivity contribution in [2.24, 2.45) is 5.41 Å². The number of aromatic amines is 1. The molecule has 0 aliphatic heterocycles. The van der Waals surface area contributed by atoms with Crippen molar-refractivity contribution in [1.82, 2.24) is 9.71 Å². The summed E-state index contributed by atoms with van der Waals surface area (Å²) in [5, 5.41) is 17.5. The third-order valence-electron chi connectivity index (χ3n) is 2.95. The lowest BCUT2D eigenvalue weighted by Crippen LogP contribution is -2.34. The molecule has 4 N–H and O–H groups in total. The molecule has 1 heterocycles. The third-order valence-corrected chi connectivity index (χ3v) is 4.33. The van der Waals surface area contributed by atoms with Gasteiger partial charge in [0.2, 0.25) is 10.0 Å². The molecule has 0 fully saturated rings. The van der Waals surface area contributed by atoms with Crippen LogP contribution in [0.3, 0.4) is 0 Å². The average Bonchev–Trinajstić information content (AvgIpc) is 2.85. The van der Waals surface area contributed by atoms with Crippen LogP contribution in [0.1, 0.15) is 37.2 Å². The molecule has 1 aromatic rings. The van der Waals surface area contributed by atoms with E-state index in [1.165, 1.54) is 0 Å². The molecule has 0 atom stereocenters. The SMILES string of the molecule is CC(C)(CCCO)CNS(=O)(=O)c1c[nH]c(C(=O)O)c1. The number of carboxylic acids is 1. The van der Waals surface area contributed by atoms with Gasteiger partial charge in [0.05, 0.1) is 0 Å². The second-order valence-electron chi connectivity index (χ2n) is 5.37. The van der Waals surface area contributed by atoms with Gasteiger partial charge in [0.15, 0.2) is 0 Å². The molecule has 0 aliphatic rings. The molecule has 0 amide bonds. The average molecular weight is 304 g/mol. The molecule has 0 aromatic carbocycles. The quantitative estimate of drug-likeness (QED) is 0.566. The van der Waals surface area contributed by atoms with Crippen molar-refractivity contribution in [2.45, 2.75) is 31.6 Å². The number of rotatable bonds is 8. The van der Waals surface area contributed by atoms with E-state index in [2.05, 4.69) is 9.71 Å². The Bertz CT molecular complexity index is 562. The second kappa shape index (κ2) is 6.38. The monoisotopic (exact) mass is 304 g/mol. The van der Waals surface area contributed by atoms with Gasteiger partial charge in [0, 0.05) is 19.3 Å². The number of aromatic nitrogens is 1. The Hall–Kier alpha value is -1.38. The lowest BCUT2D eigenvalue weighted by atomic mass is 9.88. The van der Waals surface area contributed by atoms with Gasteiger partial charge < -0.3 is 15.2 Å². The van der Waals surface area contributed by atoms with Crippen LogP contribution in [0.25, 0.3) is 0 Å². The Morgan fingerprint density at radius 3 is 2.60 bits per heavy atom. The lowest BCUT2D eigenvalue weighted by molar-refractivity contribution is 0.0691. The standard InChI is InChI=1S/C12H20N2O5S/c1-12(2,4-3-5-15)8-14-20(18,19)9-6-10(11(16)17)13-7-9/h6-7,13-15H,3-5,8H2,1-2H3,(H,16,17). The van der Waals surface area contributed by atoms with E-state index in [9.17, 15) is 13.2 Å². The van der Waals surface area contributed by atoms with Crippen molar-refractivity contribution in [2.75, 3.05) is 13.2 Å². The highest BCUT2D eigenvalue weighted by atomic mass is 32.2. The smallest absolute Gasteiger partial charge is 0.352 e. The molecule has 7 nitrogen and oxygen atoms in total. The van der Waals surface area contributed by atoms with Gasteiger partial charge in [0.25, 0.3) is 0 Å². The summed E-state index contributed by atoms with van der Waals surface area (Å²) in [6, 6.07) is 1.07. The summed E-state index contributed by atoms with van der Waals surface area (Å²) in [7, 11) is -3.74. The highest BCUT2D eigenvalue weighted by molar-refractivity contribution is 7.89. The van der Waals surface area contributed by atoms with E-state index < -0.39 is 16.0 Å². The molecule has 0 radical (unpaired) electrons. The van der Waals surface area contributed by atoms with Crippen molar-refractivity contribution < 1.29 is 23.4 Å². The van der Waals surface area contributed by atoms with Crippen LogP contribution in [0.2, 0.25) is 0 Å². The normalized spacial score (nSPS) is 12.6. The molecule has 1 aromatic heterocycles. The van der Waals surface area contributed by atoms with Crippen LogP contribution in [0.4, 0.5) is 0 Å². The van der Waals surface area contributed by atoms with E-state index in [0.717, 1.165) is 12.3 Å². The first kappa shape index (κ1) is 16.7. The molecule has 0 aliphatic carbocycles. The fourth-order valence-electron chi connectivity index (χ4n) is 1.67. The Balaban J connectivity index is 2.72. The molecular weight excluding hydrogens is 284 g/mol. The highest BCUT2D eigenvalue weighted by Gasteiger charge is 2.23. The van der Waals surface area contributed by atoms with E-state index in [1.54, 1.807) is 0 Å². The van der Waals surface area contributed by atoms with E-state index >= 15 is 0 Å². The molecule has 20 heavy (non-hydrogen) atoms. The fraction of sp³-hybridized carbons (Fsp3) is 0.583. The molecule has 0 unspecified atom stereocenters. The number of nitrogens with one attached hydrogen (secondary N) is 2. The first-order chi connectivity index (χ1) is 9.18. The van der Waals surface area contributed by atoms with E-state index in [-0.39, 0.29) is 29.2 Å². The molecule has 0 bridgehead atoms. The third kappa shape index (κ3) is 4.62. The Kier molecular flexibility index (Phi) is 5.32. The number of carboxylic acid groups (broad SMARTS) is 1. The molecule has 114 valence electrons. The molecule has 0 saturated carbocycles. The summed E-state index contributed by atoms with van der Waals surface area (Å²) < 4.78 is 26.5. The van der Waals surface area contributed by atoms with E-state index in [1.807, 2.05) is 13.8 Å². The number of aliphatic hydroxyl groups excluding tert-OH is 1. The number of sulfonamides is 1. The van der Waals surface area contributed by atoms with Crippen LogP contribution in [-0.2, 0) is 10.0 Å². The van der Waals surface area contributed by atoms with Gasteiger partial charge in [-0.1, -0.05) is 13.8 Å². The molecule has 8 heteroatoms. The number of aliphatic hydroxyl groups is 1. The topological polar surface area (TPSA) is 119 Å². The van der Waals surface area contributed by atoms with Crippen molar-refractivity contribution in [3.05, 3.63) is 18.0 Å². The zero-order valence-electron chi connectivity index (χ0n) is 11.5. The number of H-pyrrole nitrogens is 1. The maximum absolute atomic E-state index is 12.0. The lowest BCUT2D eigenvalue weighted by Gasteiger charge is -2.24. The van der Waals surface area contributed by atoms with Crippen LogP contribution in [-0.4, -0.2) is 42.7 Å². The zero-order valence-corrected chi connectivity index (χ0v) is 12.3. The second-order valence-corrected chi connectivity index (χ2v) is 7.14. The van der Waals surface area contributed by atoms with Gasteiger partial charge in [0.1, 0.15) is 10.6 Å². The van der Waals surface area contributed by atoms with Crippen molar-refractivity contribution >= 4 is 16.0 Å². The Morgan fingerprint density at radius 1 is 1.45 bits per heavy atom. The first-order valence-electron chi connectivity index (χ1n) is 6.20. The first-order valence-corrected chi connectivity index (χ1v) is 7.68. The Labute approximate surface area is 118 Å². The maximum Gasteiger partial charge on any atom is 0.352 e. The van der Waals surface area contributed by atoms with Gasteiger partial charge in [-0.3, -0.25) is 0 Å². The summed E-state index contributed by atoms with van der Waals surface area (Å²) in [4.78, 5) is 13.0. The van der Waals surface area contributed by atoms with Crippen LogP contribution >= 0.6 is 0 Å². The molecular formula is C12H20N2O5S. The minimum Gasteiger partial charge on any atom is -0.477 e. The number of aromatic carboxylic acids is 1. The predicted molar refractivity (Wildman–Crippen MR) is 73.0 cm³/mol. The van der Waals surface area contributed by atoms with Crippen LogP contribution < -0.4 is 4.72 Å². The molecule has 0 spiro atoms. The Morgan fingerprint density at radius 2 is 2.10 bits per heavy atom. The number of hydrogen-bond donors (Lipinski definition) is 4. The van der Waals surface area contributed by atoms with E-state index in [4.69, 9.17) is 10.2 Å². The highest BCUT2D eigenvalue weighted by Crippen LogP contribution is 2.22. The van der Waals surface area contributed by atoms with Gasteiger partial charge in [-0.2, -0.15) is 0 Å². The summed E-state index contributed by atoms with van der Waals surface area (Å²) in [6.45, 7) is 4.06. The molecule has 0 saturated heterocycles. The number of carbonyl (C=O) groups is 1. The van der Waals surface area contributed by atoms with Gasteiger partial charge in [-0.25, -0.2) is 17.9 Å². The van der Waals surface area contributed by atoms with Crippen LogP contribution in [0, 0.1) is 5.41 Å². The summed E-state index contributed by atoms with van der Waals surface area (Å²) >= 11 is 0. The zero-order chi connectivity index (χ0) is 15.4. The van der Waals surface area contributed by atoms with Gasteiger partial charge in [-0.05, 0) is 24.3 Å². The van der Waals surface area contributed by atoms with Crippen molar-refractivity contribution in [3.63, 3.8) is 0 Å². The number of hydrogen-bond acceptors (Lipinski definition) is 4. The summed E-state index contributed by atoms with van der Waals surface area (Å²) in [5.41, 5.74) is -0.466. The summed E-state index contributed by atoms with van der Waals surface area (Å²) in [5.74, 6) is -1.21. The van der Waals surface area contributed by atoms with Crippen molar-refractivity contribution in [3.8, 4) is 0 Å². The van der Waals surface area contributed by atoms with Crippen molar-refractivity contribution in [1.29, 1.82) is 0 Å². The van der Waals surface area contributed by atoms with Gasteiger partial charge in [-0.15, -0.1) is 0 Å². The van der Waals surface area contributed by atoms with Crippen LogP contribution in [0.15, 0.2) is 17.2 Å². The predicted octanol–water partition coefficient (Wildman–Crippen LogP) is 0.790. The molecule has 1 rings (SSSR count). The largest absolute Gasteiger partial charge is 0.477 e. The minimum atomic E-state index is -3.74. The fourth-order valence-corrected chi connectivity index (χ4v) is 2.91. The maximum atomic E-state index is 12.0. The minimum absolute atomic E-state index is 0.0654. The van der Waals surface area contributed by atoms with E-state index in [0.29, 0.717) is 12.8 Å². The summed E-state index contributed by atoms with van der Waals surface area (Å²) in [6.07, 6.45) is 2.42. The van der Waals surface area contributed by atoms with Gasteiger partial charge >= 0.3 is 5.97 Å². The van der Waals surface area contributed by atoms with Crippen LogP contribution in [0.5, 0.6) is 0 Å².